The van der Waals surface area contributed by atoms with Crippen molar-refractivity contribution in [3.8, 4) is 0 Å². The Kier molecular flexibility index (Phi) is 63.5. The summed E-state index contributed by atoms with van der Waals surface area (Å²) < 4.78 is 22.8. The second-order valence-corrected chi connectivity index (χ2v) is 25.9. The minimum atomic E-state index is -1.62. The first-order chi connectivity index (χ1) is 40.6. The van der Waals surface area contributed by atoms with Crippen LogP contribution in [0.5, 0.6) is 0 Å². The van der Waals surface area contributed by atoms with Crippen molar-refractivity contribution in [3.63, 3.8) is 0 Å². The van der Waals surface area contributed by atoms with Crippen LogP contribution in [0.25, 0.3) is 0 Å². The van der Waals surface area contributed by atoms with E-state index in [-0.39, 0.29) is 32.2 Å². The standard InChI is InChI=1S/C74H139NO8/c1-6-8-10-12-14-16-18-20-22-24-26-28-30-32-33-34-35-36-37-38-39-41-43-45-47-49-51-53-55-57-59-61-63-65-72(77)83-70(69-82-74(73(78)79)80-67-66-75(3,4)5)68-81-71(76)64-62-60-58-56-54-52-50-48-46-44-42-40-31-29-27-25-23-21-19-17-15-13-11-9-7-2/h18,20,24-27,70,74H,6-17,19,21-23,28-69H2,1-5H3/b20-18-,26-24-,27-25-. The second kappa shape index (κ2) is 65.5. The maximum Gasteiger partial charge on any atom is 0.306 e. The highest BCUT2D eigenvalue weighted by Crippen LogP contribution is 2.19. The van der Waals surface area contributed by atoms with Gasteiger partial charge in [-0.2, -0.15) is 0 Å². The number of carbonyl (C=O) groups is 3. The number of rotatable bonds is 68. The molecular formula is C74H139NO8. The fraction of sp³-hybridized carbons (Fsp3) is 0.878. The van der Waals surface area contributed by atoms with Gasteiger partial charge in [0.25, 0.3) is 0 Å². The molecule has 0 aliphatic heterocycles. The first kappa shape index (κ1) is 80.5. The Labute approximate surface area is 515 Å². The molecule has 0 saturated heterocycles. The van der Waals surface area contributed by atoms with Crippen LogP contribution in [0, 0.1) is 0 Å². The van der Waals surface area contributed by atoms with Gasteiger partial charge in [-0.15, -0.1) is 0 Å². The molecule has 0 radical (unpaired) electrons. The Bertz CT molecular complexity index is 1450. The van der Waals surface area contributed by atoms with Gasteiger partial charge in [0.1, 0.15) is 13.2 Å². The largest absolute Gasteiger partial charge is 0.545 e. The zero-order valence-corrected chi connectivity index (χ0v) is 55.8. The van der Waals surface area contributed by atoms with Crippen molar-refractivity contribution >= 4 is 17.9 Å². The Morgan fingerprint density at radius 1 is 0.361 bits per heavy atom. The average molecular weight is 1170 g/mol. The normalized spacial score (nSPS) is 12.8. The maximum atomic E-state index is 12.9. The van der Waals surface area contributed by atoms with Gasteiger partial charge in [-0.25, -0.2) is 0 Å². The van der Waals surface area contributed by atoms with Gasteiger partial charge in [-0.3, -0.25) is 9.59 Å². The fourth-order valence-electron chi connectivity index (χ4n) is 10.8. The van der Waals surface area contributed by atoms with E-state index < -0.39 is 24.3 Å². The molecule has 0 heterocycles. The molecule has 0 aliphatic rings. The Hall–Kier alpha value is -2.49. The van der Waals surface area contributed by atoms with Crippen LogP contribution in [0.2, 0.25) is 0 Å². The van der Waals surface area contributed by atoms with E-state index in [1.807, 2.05) is 21.1 Å². The number of quaternary nitrogens is 1. The number of nitrogens with zero attached hydrogens (tertiary/aromatic N) is 1. The van der Waals surface area contributed by atoms with E-state index >= 15 is 0 Å². The maximum absolute atomic E-state index is 12.9. The first-order valence-electron chi connectivity index (χ1n) is 36.1. The highest BCUT2D eigenvalue weighted by atomic mass is 16.7. The summed E-state index contributed by atoms with van der Waals surface area (Å²) in [6, 6.07) is 0. The van der Waals surface area contributed by atoms with Crippen molar-refractivity contribution in [3.05, 3.63) is 36.5 Å². The summed E-state index contributed by atoms with van der Waals surface area (Å²) in [5.41, 5.74) is 0. The van der Waals surface area contributed by atoms with Gasteiger partial charge in [0.2, 0.25) is 0 Å². The molecule has 2 unspecified atom stereocenters. The van der Waals surface area contributed by atoms with Crippen LogP contribution >= 0.6 is 0 Å². The van der Waals surface area contributed by atoms with E-state index in [9.17, 15) is 19.5 Å². The average Bonchev–Trinajstić information content (AvgIpc) is 3.46. The zero-order chi connectivity index (χ0) is 60.5. The summed E-state index contributed by atoms with van der Waals surface area (Å²) in [6.45, 7) is 4.80. The number of unbranched alkanes of at least 4 members (excludes halogenated alkanes) is 47. The number of carbonyl (C=O) groups excluding carboxylic acids is 3. The summed E-state index contributed by atoms with van der Waals surface area (Å²) in [5, 5.41) is 11.8. The molecule has 0 aromatic heterocycles. The smallest absolute Gasteiger partial charge is 0.306 e. The number of ether oxygens (including phenoxy) is 4. The van der Waals surface area contributed by atoms with E-state index in [2.05, 4.69) is 50.3 Å². The molecule has 2 atom stereocenters. The SMILES string of the molecule is CCCCCCC/C=C\C/C=C\CCCCCCCCCCCCCCCCCCCCCCCC(=O)OC(COC(=O)CCCCCCCCCCCCCCC/C=C\CCCCCCCCCC)COC(OCC[N+](C)(C)C)C(=O)[O-]. The van der Waals surface area contributed by atoms with Crippen molar-refractivity contribution in [2.75, 3.05) is 47.5 Å². The minimum Gasteiger partial charge on any atom is -0.545 e. The van der Waals surface area contributed by atoms with Crippen LogP contribution in [0.3, 0.4) is 0 Å². The minimum absolute atomic E-state index is 0.150. The molecule has 0 N–H and O–H groups in total. The number of carboxylic acids is 1. The summed E-state index contributed by atoms with van der Waals surface area (Å²) in [6.07, 6.45) is 79.5. The Balaban J connectivity index is 4.04. The van der Waals surface area contributed by atoms with Gasteiger partial charge in [0, 0.05) is 12.8 Å². The molecule has 83 heavy (non-hydrogen) atoms. The van der Waals surface area contributed by atoms with Crippen LogP contribution in [0.4, 0.5) is 0 Å². The fourth-order valence-corrected chi connectivity index (χ4v) is 10.8. The monoisotopic (exact) mass is 1170 g/mol. The van der Waals surface area contributed by atoms with Gasteiger partial charge in [-0.1, -0.05) is 314 Å². The lowest BCUT2D eigenvalue weighted by molar-refractivity contribution is -0.870. The van der Waals surface area contributed by atoms with Crippen LogP contribution < -0.4 is 5.11 Å². The highest BCUT2D eigenvalue weighted by Gasteiger charge is 2.22. The second-order valence-electron chi connectivity index (χ2n) is 25.9. The molecule has 0 saturated carbocycles. The number of carboxylic acid groups (broad SMARTS) is 1. The summed E-state index contributed by atoms with van der Waals surface area (Å²) >= 11 is 0. The molecule has 0 fully saturated rings. The molecule has 0 spiro atoms. The van der Waals surface area contributed by atoms with Crippen LogP contribution in [-0.2, 0) is 33.3 Å². The van der Waals surface area contributed by atoms with Gasteiger partial charge in [0.05, 0.1) is 40.3 Å². The van der Waals surface area contributed by atoms with Crippen molar-refractivity contribution in [2.24, 2.45) is 0 Å². The van der Waals surface area contributed by atoms with Crippen LogP contribution in [0.1, 0.15) is 361 Å². The molecule has 488 valence electrons. The Morgan fingerprint density at radius 2 is 0.651 bits per heavy atom. The van der Waals surface area contributed by atoms with E-state index in [1.54, 1.807) is 0 Å². The summed E-state index contributed by atoms with van der Waals surface area (Å²) in [7, 11) is 5.94. The molecule has 0 amide bonds. The van der Waals surface area contributed by atoms with E-state index in [0.717, 1.165) is 44.9 Å². The molecule has 9 nitrogen and oxygen atoms in total. The molecular weight excluding hydrogens is 1030 g/mol. The third-order valence-corrected chi connectivity index (χ3v) is 16.4. The van der Waals surface area contributed by atoms with Gasteiger partial charge in [0.15, 0.2) is 12.4 Å². The lowest BCUT2D eigenvalue weighted by atomic mass is 10.0. The van der Waals surface area contributed by atoms with E-state index in [1.165, 1.54) is 289 Å². The van der Waals surface area contributed by atoms with E-state index in [4.69, 9.17) is 18.9 Å². The first-order valence-corrected chi connectivity index (χ1v) is 36.1. The van der Waals surface area contributed by atoms with Crippen molar-refractivity contribution in [2.45, 2.75) is 373 Å². The number of likely N-dealkylation sites (N-methyl/N-ethyl adjacent to an activating group) is 1. The number of aliphatic carboxylic acids is 1. The Morgan fingerprint density at radius 3 is 0.964 bits per heavy atom. The summed E-state index contributed by atoms with van der Waals surface area (Å²) in [5.74, 6) is -2.25. The van der Waals surface area contributed by atoms with Crippen molar-refractivity contribution in [1.29, 1.82) is 0 Å². The predicted molar refractivity (Wildman–Crippen MR) is 353 cm³/mol. The third kappa shape index (κ3) is 66.9. The summed E-state index contributed by atoms with van der Waals surface area (Å²) in [4.78, 5) is 37.5. The van der Waals surface area contributed by atoms with Crippen molar-refractivity contribution < 1.29 is 42.9 Å². The third-order valence-electron chi connectivity index (χ3n) is 16.4. The van der Waals surface area contributed by atoms with Gasteiger partial charge in [-0.05, 0) is 70.6 Å². The number of hydrogen-bond donors (Lipinski definition) is 0. The molecule has 0 aliphatic carbocycles. The quantitative estimate of drug-likeness (QED) is 0.0195. The lowest BCUT2D eigenvalue weighted by Gasteiger charge is -2.26. The van der Waals surface area contributed by atoms with Gasteiger partial charge >= 0.3 is 11.9 Å². The predicted octanol–water partition coefficient (Wildman–Crippen LogP) is 21.0. The molecule has 0 rings (SSSR count). The van der Waals surface area contributed by atoms with Crippen molar-refractivity contribution in [1.82, 2.24) is 0 Å². The number of allylic oxidation sites excluding steroid dienone is 6. The van der Waals surface area contributed by atoms with Gasteiger partial charge < -0.3 is 33.3 Å². The number of hydrogen-bond acceptors (Lipinski definition) is 8. The molecule has 9 heteroatoms. The van der Waals surface area contributed by atoms with Crippen LogP contribution in [-0.4, -0.2) is 82.3 Å². The molecule has 0 bridgehead atoms. The topological polar surface area (TPSA) is 111 Å². The molecule has 0 aromatic carbocycles. The van der Waals surface area contributed by atoms with Crippen LogP contribution in [0.15, 0.2) is 36.5 Å². The van der Waals surface area contributed by atoms with E-state index in [0.29, 0.717) is 17.4 Å². The highest BCUT2D eigenvalue weighted by molar-refractivity contribution is 5.70. The zero-order valence-electron chi connectivity index (χ0n) is 55.8. The number of esters is 2. The lowest BCUT2D eigenvalue weighted by Crippen LogP contribution is -2.44. The molecule has 0 aromatic rings.